The van der Waals surface area contributed by atoms with Gasteiger partial charge >= 0.3 is 12.1 Å². The molecule has 0 aliphatic carbocycles. The van der Waals surface area contributed by atoms with Crippen molar-refractivity contribution in [3.05, 3.63) is 27.8 Å². The first-order valence-electron chi connectivity index (χ1n) is 7.66. The van der Waals surface area contributed by atoms with Gasteiger partial charge in [0.2, 0.25) is 6.10 Å². The average molecular weight is 379 g/mol. The zero-order valence-corrected chi connectivity index (χ0v) is 14.7. The van der Waals surface area contributed by atoms with Crippen molar-refractivity contribution in [2.24, 2.45) is 5.92 Å². The fourth-order valence-electron chi connectivity index (χ4n) is 2.39. The van der Waals surface area contributed by atoms with Crippen LogP contribution in [0.1, 0.15) is 31.4 Å². The minimum Gasteiger partial charge on any atom is -0.493 e. The largest absolute Gasteiger partial charge is 0.493 e. The van der Waals surface area contributed by atoms with Crippen LogP contribution in [0.25, 0.3) is 6.08 Å². The standard InChI is InChI=1S/C17H18ClF3O4/c1-8(2)4-5-24-13-7-12(18)10-6-11(16(22)23)15(17(19,20)21)25-14(10)9(13)3/h6-8,15H,4-5H2,1-3H3,(H,22,23). The molecule has 0 fully saturated rings. The van der Waals surface area contributed by atoms with E-state index >= 15 is 0 Å². The van der Waals surface area contributed by atoms with Gasteiger partial charge in [-0.3, -0.25) is 0 Å². The Morgan fingerprint density at radius 2 is 2.08 bits per heavy atom. The second kappa shape index (κ2) is 7.15. The van der Waals surface area contributed by atoms with Crippen molar-refractivity contribution in [1.29, 1.82) is 0 Å². The van der Waals surface area contributed by atoms with Crippen LogP contribution in [0.3, 0.4) is 0 Å². The first-order chi connectivity index (χ1) is 11.5. The molecule has 0 bridgehead atoms. The Labute approximate surface area is 148 Å². The normalized spacial score (nSPS) is 17.0. The minimum atomic E-state index is -4.87. The van der Waals surface area contributed by atoms with E-state index in [9.17, 15) is 18.0 Å². The average Bonchev–Trinajstić information content (AvgIpc) is 2.49. The number of halogens is 4. The monoisotopic (exact) mass is 378 g/mol. The van der Waals surface area contributed by atoms with Crippen molar-refractivity contribution in [2.75, 3.05) is 6.61 Å². The van der Waals surface area contributed by atoms with Crippen molar-refractivity contribution in [1.82, 2.24) is 0 Å². The van der Waals surface area contributed by atoms with Crippen molar-refractivity contribution in [3.8, 4) is 11.5 Å². The van der Waals surface area contributed by atoms with Gasteiger partial charge in [0.05, 0.1) is 17.2 Å². The predicted octanol–water partition coefficient (Wildman–Crippen LogP) is 4.86. The van der Waals surface area contributed by atoms with Crippen LogP contribution in [0.2, 0.25) is 5.02 Å². The van der Waals surface area contributed by atoms with Crippen LogP contribution in [-0.2, 0) is 4.79 Å². The van der Waals surface area contributed by atoms with Crippen molar-refractivity contribution < 1.29 is 32.5 Å². The van der Waals surface area contributed by atoms with E-state index < -0.39 is 23.8 Å². The van der Waals surface area contributed by atoms with Crippen LogP contribution in [0, 0.1) is 12.8 Å². The van der Waals surface area contributed by atoms with E-state index in [0.717, 1.165) is 12.5 Å². The quantitative estimate of drug-likeness (QED) is 0.794. The van der Waals surface area contributed by atoms with Crippen molar-refractivity contribution >= 4 is 23.6 Å². The third-order valence-corrected chi connectivity index (χ3v) is 4.10. The number of hydrogen-bond donors (Lipinski definition) is 1. The Bertz CT molecular complexity index is 711. The van der Waals surface area contributed by atoms with Gasteiger partial charge in [-0.2, -0.15) is 13.2 Å². The molecule has 2 rings (SSSR count). The Balaban J connectivity index is 2.46. The molecule has 138 valence electrons. The molecule has 0 aromatic heterocycles. The first kappa shape index (κ1) is 19.4. The van der Waals surface area contributed by atoms with Crippen molar-refractivity contribution in [2.45, 2.75) is 39.5 Å². The van der Waals surface area contributed by atoms with Gasteiger partial charge in [0.25, 0.3) is 0 Å². The molecule has 1 aliphatic heterocycles. The van der Waals surface area contributed by atoms with Gasteiger partial charge in [-0.05, 0) is 31.4 Å². The molecule has 1 aromatic rings. The number of fused-ring (bicyclic) bond motifs is 1. The first-order valence-corrected chi connectivity index (χ1v) is 8.04. The number of carboxylic acids is 1. The van der Waals surface area contributed by atoms with E-state index in [4.69, 9.17) is 26.2 Å². The summed E-state index contributed by atoms with van der Waals surface area (Å²) in [4.78, 5) is 11.2. The highest BCUT2D eigenvalue weighted by atomic mass is 35.5. The number of alkyl halides is 3. The number of benzene rings is 1. The molecular weight excluding hydrogens is 361 g/mol. The molecule has 8 heteroatoms. The van der Waals surface area contributed by atoms with Crippen molar-refractivity contribution in [3.63, 3.8) is 0 Å². The number of ether oxygens (including phenoxy) is 2. The predicted molar refractivity (Wildman–Crippen MR) is 87.2 cm³/mol. The van der Waals surface area contributed by atoms with Crippen LogP contribution in [-0.4, -0.2) is 30.0 Å². The highest BCUT2D eigenvalue weighted by molar-refractivity contribution is 6.32. The lowest BCUT2D eigenvalue weighted by atomic mass is 9.98. The SMILES string of the molecule is Cc1c(OCCC(C)C)cc(Cl)c2c1OC(C(F)(F)F)C(C(=O)O)=C2. The summed E-state index contributed by atoms with van der Waals surface area (Å²) in [5, 5.41) is 9.13. The molecule has 1 unspecified atom stereocenters. The Kier molecular flexibility index (Phi) is 5.56. The molecule has 1 heterocycles. The van der Waals surface area contributed by atoms with Crippen LogP contribution in [0.15, 0.2) is 11.6 Å². The summed E-state index contributed by atoms with van der Waals surface area (Å²) in [7, 11) is 0. The van der Waals surface area contributed by atoms with Gasteiger partial charge in [0.1, 0.15) is 11.5 Å². The van der Waals surface area contributed by atoms with E-state index in [0.29, 0.717) is 23.8 Å². The summed E-state index contributed by atoms with van der Waals surface area (Å²) in [5.41, 5.74) is -0.457. The van der Waals surface area contributed by atoms with Gasteiger partial charge in [0.15, 0.2) is 0 Å². The number of rotatable bonds is 5. The fraction of sp³-hybridized carbons (Fsp3) is 0.471. The molecular formula is C17H18ClF3O4. The second-order valence-electron chi connectivity index (χ2n) is 6.20. The third-order valence-electron chi connectivity index (χ3n) is 3.78. The Hall–Kier alpha value is -1.89. The maximum absolute atomic E-state index is 13.2. The maximum Gasteiger partial charge on any atom is 0.430 e. The number of aliphatic carboxylic acids is 1. The smallest absolute Gasteiger partial charge is 0.430 e. The molecule has 1 N–H and O–H groups in total. The molecule has 0 saturated heterocycles. The second-order valence-corrected chi connectivity index (χ2v) is 6.61. The summed E-state index contributed by atoms with van der Waals surface area (Å²) in [6.07, 6.45) is -5.75. The Morgan fingerprint density at radius 1 is 1.44 bits per heavy atom. The van der Waals surface area contributed by atoms with Gasteiger partial charge in [-0.1, -0.05) is 25.4 Å². The highest BCUT2D eigenvalue weighted by Gasteiger charge is 2.49. The lowest BCUT2D eigenvalue weighted by Crippen LogP contribution is -2.40. The summed E-state index contributed by atoms with van der Waals surface area (Å²) < 4.78 is 50.1. The number of carboxylic acid groups (broad SMARTS) is 1. The zero-order chi connectivity index (χ0) is 18.9. The molecule has 1 aliphatic rings. The van der Waals surface area contributed by atoms with E-state index in [1.165, 1.54) is 6.07 Å². The minimum absolute atomic E-state index is 0.0690. The highest BCUT2D eigenvalue weighted by Crippen LogP contribution is 2.45. The van der Waals surface area contributed by atoms with E-state index in [1.807, 2.05) is 13.8 Å². The lowest BCUT2D eigenvalue weighted by Gasteiger charge is -2.29. The summed E-state index contributed by atoms with van der Waals surface area (Å²) in [6.45, 7) is 5.97. The van der Waals surface area contributed by atoms with Crippen LogP contribution in [0.4, 0.5) is 13.2 Å². The molecule has 0 spiro atoms. The molecule has 1 aromatic carbocycles. The summed E-state index contributed by atoms with van der Waals surface area (Å²) >= 11 is 6.11. The third kappa shape index (κ3) is 4.21. The van der Waals surface area contributed by atoms with Crippen LogP contribution >= 0.6 is 11.6 Å². The Morgan fingerprint density at radius 3 is 2.60 bits per heavy atom. The molecule has 0 saturated carbocycles. The lowest BCUT2D eigenvalue weighted by molar-refractivity contribution is -0.187. The molecule has 1 atom stereocenters. The van der Waals surface area contributed by atoms with Crippen LogP contribution in [0.5, 0.6) is 11.5 Å². The molecule has 25 heavy (non-hydrogen) atoms. The number of hydrogen-bond acceptors (Lipinski definition) is 3. The molecule has 0 amide bonds. The summed E-state index contributed by atoms with van der Waals surface area (Å²) in [6, 6.07) is 1.46. The molecule has 0 radical (unpaired) electrons. The fourth-order valence-corrected chi connectivity index (χ4v) is 2.63. The van der Waals surface area contributed by atoms with E-state index in [2.05, 4.69) is 0 Å². The molecule has 4 nitrogen and oxygen atoms in total. The van der Waals surface area contributed by atoms with E-state index in [1.54, 1.807) is 6.92 Å². The number of carbonyl (C=O) groups is 1. The van der Waals surface area contributed by atoms with E-state index in [-0.39, 0.29) is 16.3 Å². The van der Waals surface area contributed by atoms with Gasteiger partial charge in [-0.15, -0.1) is 0 Å². The zero-order valence-electron chi connectivity index (χ0n) is 13.9. The van der Waals surface area contributed by atoms with Gasteiger partial charge < -0.3 is 14.6 Å². The van der Waals surface area contributed by atoms with Gasteiger partial charge in [-0.25, -0.2) is 4.79 Å². The summed E-state index contributed by atoms with van der Waals surface area (Å²) in [5.74, 6) is -1.10. The topological polar surface area (TPSA) is 55.8 Å². The maximum atomic E-state index is 13.2. The van der Waals surface area contributed by atoms with Crippen LogP contribution < -0.4 is 9.47 Å². The van der Waals surface area contributed by atoms with Gasteiger partial charge in [0, 0.05) is 11.1 Å².